The molecule has 5 nitrogen and oxygen atoms in total. The van der Waals surface area contributed by atoms with Gasteiger partial charge in [-0.1, -0.05) is 24.3 Å². The molecule has 2 aromatic rings. The maximum Gasteiger partial charge on any atom is 0.272 e. The minimum absolute atomic E-state index is 0.0150. The molecule has 1 atom stereocenters. The van der Waals surface area contributed by atoms with Crippen molar-refractivity contribution in [3.8, 4) is 0 Å². The van der Waals surface area contributed by atoms with E-state index < -0.39 is 0 Å². The zero-order valence-corrected chi connectivity index (χ0v) is 10.9. The molecule has 1 aromatic carbocycles. The standard InChI is InChI=1S/C15H15N3O2/c19-14-9-8-13(17-18-14)15(20)16-12-7-3-5-10-4-1-2-6-11(10)12/h1-2,4,6,8-9,12H,3,5,7H2,(H,16,20)(H,18,19). The van der Waals surface area contributed by atoms with Crippen molar-refractivity contribution in [2.75, 3.05) is 0 Å². The van der Waals surface area contributed by atoms with Crippen molar-refractivity contribution < 1.29 is 4.79 Å². The van der Waals surface area contributed by atoms with Crippen LogP contribution in [0.1, 0.15) is 40.5 Å². The number of nitrogens with one attached hydrogen (secondary N) is 2. The molecule has 102 valence electrons. The van der Waals surface area contributed by atoms with Crippen LogP contribution in [0.25, 0.3) is 0 Å². The Hall–Kier alpha value is -2.43. The lowest BCUT2D eigenvalue weighted by atomic mass is 9.87. The number of aromatic nitrogens is 2. The Morgan fingerprint density at radius 3 is 2.90 bits per heavy atom. The lowest BCUT2D eigenvalue weighted by Crippen LogP contribution is -2.32. The van der Waals surface area contributed by atoms with Gasteiger partial charge in [-0.25, -0.2) is 5.10 Å². The minimum atomic E-state index is -0.315. The van der Waals surface area contributed by atoms with Crippen molar-refractivity contribution in [2.24, 2.45) is 0 Å². The molecule has 2 N–H and O–H groups in total. The molecular weight excluding hydrogens is 254 g/mol. The van der Waals surface area contributed by atoms with E-state index in [1.54, 1.807) is 0 Å². The number of nitrogens with zero attached hydrogens (tertiary/aromatic N) is 1. The van der Waals surface area contributed by atoms with Crippen LogP contribution in [-0.2, 0) is 6.42 Å². The van der Waals surface area contributed by atoms with E-state index in [1.807, 2.05) is 12.1 Å². The average molecular weight is 269 g/mol. The highest BCUT2D eigenvalue weighted by atomic mass is 16.2. The molecule has 0 saturated heterocycles. The summed E-state index contributed by atoms with van der Waals surface area (Å²) in [7, 11) is 0. The van der Waals surface area contributed by atoms with E-state index in [0.29, 0.717) is 0 Å². The van der Waals surface area contributed by atoms with Gasteiger partial charge in [-0.15, -0.1) is 0 Å². The summed E-state index contributed by atoms with van der Waals surface area (Å²) in [5.41, 5.74) is 2.38. The van der Waals surface area contributed by atoms with E-state index in [9.17, 15) is 9.59 Å². The number of aromatic amines is 1. The predicted octanol–water partition coefficient (Wildman–Crippen LogP) is 1.58. The Kier molecular flexibility index (Phi) is 3.33. The summed E-state index contributed by atoms with van der Waals surface area (Å²) in [6.45, 7) is 0. The Balaban J connectivity index is 1.80. The van der Waals surface area contributed by atoms with Gasteiger partial charge in [0, 0.05) is 6.07 Å². The molecule has 1 heterocycles. The Bertz CT molecular complexity index is 673. The van der Waals surface area contributed by atoms with Gasteiger partial charge in [0.05, 0.1) is 6.04 Å². The lowest BCUT2D eigenvalue weighted by Gasteiger charge is -2.26. The van der Waals surface area contributed by atoms with Crippen molar-refractivity contribution in [2.45, 2.75) is 25.3 Å². The number of carbonyl (C=O) groups excluding carboxylic acids is 1. The molecule has 0 radical (unpaired) electrons. The Morgan fingerprint density at radius 2 is 2.10 bits per heavy atom. The number of fused-ring (bicyclic) bond motifs is 1. The van der Waals surface area contributed by atoms with Gasteiger partial charge in [-0.05, 0) is 36.5 Å². The molecule has 1 aromatic heterocycles. The van der Waals surface area contributed by atoms with Gasteiger partial charge in [-0.2, -0.15) is 5.10 Å². The van der Waals surface area contributed by atoms with Gasteiger partial charge in [0.1, 0.15) is 5.69 Å². The zero-order valence-electron chi connectivity index (χ0n) is 10.9. The second kappa shape index (κ2) is 5.28. The highest BCUT2D eigenvalue weighted by Gasteiger charge is 2.22. The van der Waals surface area contributed by atoms with Gasteiger partial charge >= 0.3 is 0 Å². The van der Waals surface area contributed by atoms with Crippen LogP contribution in [0.4, 0.5) is 0 Å². The van der Waals surface area contributed by atoms with Crippen LogP contribution in [0.2, 0.25) is 0 Å². The summed E-state index contributed by atoms with van der Waals surface area (Å²) in [5.74, 6) is -0.261. The number of amides is 1. The topological polar surface area (TPSA) is 74.8 Å². The van der Waals surface area contributed by atoms with E-state index in [-0.39, 0.29) is 23.2 Å². The normalized spacial score (nSPS) is 17.3. The van der Waals surface area contributed by atoms with Gasteiger partial charge in [-0.3, -0.25) is 9.59 Å². The second-order valence-electron chi connectivity index (χ2n) is 4.92. The van der Waals surface area contributed by atoms with Crippen molar-refractivity contribution in [1.29, 1.82) is 0 Å². The first-order chi connectivity index (χ1) is 9.74. The fourth-order valence-corrected chi connectivity index (χ4v) is 2.61. The van der Waals surface area contributed by atoms with Gasteiger partial charge in [0.2, 0.25) is 0 Å². The third kappa shape index (κ3) is 2.47. The monoisotopic (exact) mass is 269 g/mol. The molecule has 1 aliphatic rings. The number of benzene rings is 1. The zero-order chi connectivity index (χ0) is 13.9. The molecule has 1 unspecified atom stereocenters. The van der Waals surface area contributed by atoms with Crippen LogP contribution in [0.15, 0.2) is 41.2 Å². The van der Waals surface area contributed by atoms with E-state index >= 15 is 0 Å². The highest BCUT2D eigenvalue weighted by molar-refractivity contribution is 5.92. The predicted molar refractivity (Wildman–Crippen MR) is 74.4 cm³/mol. The van der Waals surface area contributed by atoms with E-state index in [0.717, 1.165) is 19.3 Å². The van der Waals surface area contributed by atoms with Crippen molar-refractivity contribution >= 4 is 5.91 Å². The number of H-pyrrole nitrogens is 1. The van der Waals surface area contributed by atoms with Crippen LogP contribution < -0.4 is 10.9 Å². The summed E-state index contributed by atoms with van der Waals surface area (Å²) in [6.07, 6.45) is 3.03. The smallest absolute Gasteiger partial charge is 0.272 e. The molecule has 1 amide bonds. The molecule has 0 aliphatic heterocycles. The summed E-state index contributed by atoms with van der Waals surface area (Å²) in [5, 5.41) is 9.01. The highest BCUT2D eigenvalue weighted by Crippen LogP contribution is 2.29. The molecule has 20 heavy (non-hydrogen) atoms. The first-order valence-electron chi connectivity index (χ1n) is 6.68. The van der Waals surface area contributed by atoms with Gasteiger partial charge in [0.25, 0.3) is 11.5 Å². The maximum absolute atomic E-state index is 12.1. The van der Waals surface area contributed by atoms with E-state index in [2.05, 4.69) is 27.6 Å². The summed E-state index contributed by atoms with van der Waals surface area (Å²) >= 11 is 0. The molecule has 0 fully saturated rings. The van der Waals surface area contributed by atoms with Gasteiger partial charge < -0.3 is 5.32 Å². The van der Waals surface area contributed by atoms with Crippen LogP contribution in [0, 0.1) is 0 Å². The number of hydrogen-bond acceptors (Lipinski definition) is 3. The van der Waals surface area contributed by atoms with Crippen molar-refractivity contribution in [3.05, 3.63) is 63.6 Å². The molecule has 3 rings (SSSR count). The molecule has 0 bridgehead atoms. The molecular formula is C15H15N3O2. The molecule has 0 saturated carbocycles. The van der Waals surface area contributed by atoms with E-state index in [1.165, 1.54) is 23.3 Å². The third-order valence-corrected chi connectivity index (χ3v) is 3.59. The summed E-state index contributed by atoms with van der Waals surface area (Å²) < 4.78 is 0. The van der Waals surface area contributed by atoms with Crippen LogP contribution in [-0.4, -0.2) is 16.1 Å². The Labute approximate surface area is 116 Å². The maximum atomic E-state index is 12.1. The average Bonchev–Trinajstić information content (AvgIpc) is 2.48. The second-order valence-corrected chi connectivity index (χ2v) is 4.92. The molecule has 0 spiro atoms. The van der Waals surface area contributed by atoms with Crippen LogP contribution in [0.3, 0.4) is 0 Å². The molecule has 1 aliphatic carbocycles. The van der Waals surface area contributed by atoms with Crippen LogP contribution in [0.5, 0.6) is 0 Å². The van der Waals surface area contributed by atoms with E-state index in [4.69, 9.17) is 0 Å². The summed E-state index contributed by atoms with van der Waals surface area (Å²) in [6, 6.07) is 10.9. The minimum Gasteiger partial charge on any atom is -0.344 e. The van der Waals surface area contributed by atoms with Crippen molar-refractivity contribution in [1.82, 2.24) is 15.5 Å². The first kappa shape index (κ1) is 12.6. The van der Waals surface area contributed by atoms with Gasteiger partial charge in [0.15, 0.2) is 0 Å². The van der Waals surface area contributed by atoms with Crippen LogP contribution >= 0.6 is 0 Å². The largest absolute Gasteiger partial charge is 0.344 e. The molecule has 5 heteroatoms. The third-order valence-electron chi connectivity index (χ3n) is 3.59. The quantitative estimate of drug-likeness (QED) is 0.869. The first-order valence-corrected chi connectivity index (χ1v) is 6.68. The fraction of sp³-hybridized carbons (Fsp3) is 0.267. The summed E-state index contributed by atoms with van der Waals surface area (Å²) in [4.78, 5) is 23.1. The number of hydrogen-bond donors (Lipinski definition) is 2. The fourth-order valence-electron chi connectivity index (χ4n) is 2.61. The number of rotatable bonds is 2. The number of carbonyl (C=O) groups is 1. The Morgan fingerprint density at radius 1 is 1.25 bits per heavy atom. The van der Waals surface area contributed by atoms with Crippen molar-refractivity contribution in [3.63, 3.8) is 0 Å². The number of aryl methyl sites for hydroxylation is 1. The SMILES string of the molecule is O=C(NC1CCCc2ccccc21)c1ccc(=O)[nH]n1. The lowest BCUT2D eigenvalue weighted by molar-refractivity contribution is 0.0926.